The van der Waals surface area contributed by atoms with Gasteiger partial charge in [-0.25, -0.2) is 0 Å². The highest BCUT2D eigenvalue weighted by atomic mass is 14.7. The third kappa shape index (κ3) is 1.91. The SMILES string of the molecule is Nc1cccnc1-c1ccc2c(c1)CCCC2. The van der Waals surface area contributed by atoms with Crippen molar-refractivity contribution in [2.45, 2.75) is 25.7 Å². The monoisotopic (exact) mass is 224 g/mol. The standard InChI is InChI=1S/C15H16N2/c16-14-6-3-9-17-15(14)13-8-7-11-4-1-2-5-12(11)10-13/h3,6-10H,1-2,4-5,16H2. The fourth-order valence-corrected chi connectivity index (χ4v) is 2.54. The van der Waals surface area contributed by atoms with Crippen molar-refractivity contribution in [3.8, 4) is 11.3 Å². The van der Waals surface area contributed by atoms with Crippen LogP contribution in [0.15, 0.2) is 36.5 Å². The number of aryl methyl sites for hydroxylation is 2. The third-order valence-electron chi connectivity index (χ3n) is 3.46. The Hall–Kier alpha value is -1.83. The first-order chi connectivity index (χ1) is 8.34. The van der Waals surface area contributed by atoms with Gasteiger partial charge in [0.1, 0.15) is 0 Å². The van der Waals surface area contributed by atoms with Crippen molar-refractivity contribution in [3.63, 3.8) is 0 Å². The summed E-state index contributed by atoms with van der Waals surface area (Å²) in [4.78, 5) is 4.37. The Kier molecular flexibility index (Phi) is 2.56. The Bertz CT molecular complexity index is 546. The van der Waals surface area contributed by atoms with E-state index in [-0.39, 0.29) is 0 Å². The average molecular weight is 224 g/mol. The van der Waals surface area contributed by atoms with Gasteiger partial charge in [0.05, 0.1) is 11.4 Å². The molecule has 0 saturated heterocycles. The quantitative estimate of drug-likeness (QED) is 0.807. The number of pyridine rings is 1. The molecule has 2 heteroatoms. The average Bonchev–Trinajstić information content (AvgIpc) is 2.39. The van der Waals surface area contributed by atoms with Crippen LogP contribution < -0.4 is 5.73 Å². The minimum Gasteiger partial charge on any atom is -0.397 e. The molecule has 1 aromatic heterocycles. The van der Waals surface area contributed by atoms with Crippen molar-refractivity contribution in [2.75, 3.05) is 5.73 Å². The zero-order chi connectivity index (χ0) is 11.7. The second kappa shape index (κ2) is 4.21. The Morgan fingerprint density at radius 2 is 1.82 bits per heavy atom. The molecule has 17 heavy (non-hydrogen) atoms. The summed E-state index contributed by atoms with van der Waals surface area (Å²) in [7, 11) is 0. The van der Waals surface area contributed by atoms with Crippen LogP contribution in [0.25, 0.3) is 11.3 Å². The van der Waals surface area contributed by atoms with Crippen LogP contribution in [0.5, 0.6) is 0 Å². The molecule has 2 nitrogen and oxygen atoms in total. The minimum absolute atomic E-state index is 0.753. The lowest BCUT2D eigenvalue weighted by molar-refractivity contribution is 0.686. The van der Waals surface area contributed by atoms with Crippen LogP contribution >= 0.6 is 0 Å². The highest BCUT2D eigenvalue weighted by Gasteiger charge is 2.11. The first kappa shape index (κ1) is 10.3. The number of nitrogen functional groups attached to an aromatic ring is 1. The van der Waals surface area contributed by atoms with E-state index in [1.165, 1.54) is 36.8 Å². The first-order valence-electron chi connectivity index (χ1n) is 6.17. The number of benzene rings is 1. The second-order valence-electron chi connectivity index (χ2n) is 4.63. The Balaban J connectivity index is 2.07. The van der Waals surface area contributed by atoms with Gasteiger partial charge in [-0.05, 0) is 55.0 Å². The van der Waals surface area contributed by atoms with Gasteiger partial charge >= 0.3 is 0 Å². The predicted octanol–water partition coefficient (Wildman–Crippen LogP) is 3.21. The third-order valence-corrected chi connectivity index (χ3v) is 3.46. The van der Waals surface area contributed by atoms with Gasteiger partial charge in [-0.1, -0.05) is 12.1 Å². The van der Waals surface area contributed by atoms with Gasteiger partial charge in [0.25, 0.3) is 0 Å². The van der Waals surface area contributed by atoms with Crippen molar-refractivity contribution in [1.29, 1.82) is 0 Å². The van der Waals surface area contributed by atoms with E-state index in [1.54, 1.807) is 6.20 Å². The zero-order valence-electron chi connectivity index (χ0n) is 9.82. The molecule has 2 aromatic rings. The number of aromatic nitrogens is 1. The number of anilines is 1. The molecule has 0 atom stereocenters. The van der Waals surface area contributed by atoms with Gasteiger partial charge < -0.3 is 5.73 Å². The molecule has 0 aliphatic heterocycles. The lowest BCUT2D eigenvalue weighted by Gasteiger charge is -2.16. The second-order valence-corrected chi connectivity index (χ2v) is 4.63. The van der Waals surface area contributed by atoms with E-state index < -0.39 is 0 Å². The summed E-state index contributed by atoms with van der Waals surface area (Å²) in [5, 5.41) is 0. The highest BCUT2D eigenvalue weighted by molar-refractivity contribution is 5.73. The number of nitrogens with two attached hydrogens (primary N) is 1. The van der Waals surface area contributed by atoms with Crippen LogP contribution in [0, 0.1) is 0 Å². The maximum atomic E-state index is 5.97. The van der Waals surface area contributed by atoms with E-state index in [0.717, 1.165) is 16.9 Å². The van der Waals surface area contributed by atoms with E-state index in [2.05, 4.69) is 23.2 Å². The fraction of sp³-hybridized carbons (Fsp3) is 0.267. The Morgan fingerprint density at radius 3 is 2.65 bits per heavy atom. The Labute approximate surface area is 102 Å². The Morgan fingerprint density at radius 1 is 1.00 bits per heavy atom. The van der Waals surface area contributed by atoms with E-state index >= 15 is 0 Å². The van der Waals surface area contributed by atoms with Crippen molar-refractivity contribution in [2.24, 2.45) is 0 Å². The maximum Gasteiger partial charge on any atom is 0.0931 e. The van der Waals surface area contributed by atoms with Crippen LogP contribution in [0.1, 0.15) is 24.0 Å². The van der Waals surface area contributed by atoms with Gasteiger partial charge in [-0.15, -0.1) is 0 Å². The van der Waals surface area contributed by atoms with Gasteiger partial charge in [0.15, 0.2) is 0 Å². The summed E-state index contributed by atoms with van der Waals surface area (Å²) < 4.78 is 0. The van der Waals surface area contributed by atoms with Crippen molar-refractivity contribution < 1.29 is 0 Å². The summed E-state index contributed by atoms with van der Waals surface area (Å²) in [6, 6.07) is 10.4. The van der Waals surface area contributed by atoms with Crippen molar-refractivity contribution in [1.82, 2.24) is 4.98 Å². The maximum absolute atomic E-state index is 5.97. The van der Waals surface area contributed by atoms with E-state index in [9.17, 15) is 0 Å². The lowest BCUT2D eigenvalue weighted by Crippen LogP contribution is -2.03. The van der Waals surface area contributed by atoms with E-state index in [1.807, 2.05) is 12.1 Å². The number of rotatable bonds is 1. The lowest BCUT2D eigenvalue weighted by atomic mass is 9.90. The number of nitrogens with zero attached hydrogens (tertiary/aromatic N) is 1. The molecule has 2 N–H and O–H groups in total. The largest absolute Gasteiger partial charge is 0.397 e. The molecule has 1 heterocycles. The molecule has 0 saturated carbocycles. The minimum atomic E-state index is 0.753. The van der Waals surface area contributed by atoms with Crippen molar-refractivity contribution >= 4 is 5.69 Å². The number of hydrogen-bond donors (Lipinski definition) is 1. The van der Waals surface area contributed by atoms with E-state index in [4.69, 9.17) is 5.73 Å². The zero-order valence-corrected chi connectivity index (χ0v) is 9.82. The van der Waals surface area contributed by atoms with E-state index in [0.29, 0.717) is 0 Å². The number of fused-ring (bicyclic) bond motifs is 1. The molecule has 0 unspecified atom stereocenters. The summed E-state index contributed by atoms with van der Waals surface area (Å²) in [5.74, 6) is 0. The molecular weight excluding hydrogens is 208 g/mol. The molecule has 1 aliphatic carbocycles. The van der Waals surface area contributed by atoms with Crippen LogP contribution in [-0.4, -0.2) is 4.98 Å². The molecule has 3 rings (SSSR count). The normalized spacial score (nSPS) is 14.4. The topological polar surface area (TPSA) is 38.9 Å². The molecule has 0 amide bonds. The first-order valence-corrected chi connectivity index (χ1v) is 6.17. The molecule has 0 spiro atoms. The van der Waals surface area contributed by atoms with Crippen LogP contribution in [-0.2, 0) is 12.8 Å². The molecule has 1 aliphatic rings. The van der Waals surface area contributed by atoms with Gasteiger partial charge in [-0.2, -0.15) is 0 Å². The van der Waals surface area contributed by atoms with Crippen LogP contribution in [0.2, 0.25) is 0 Å². The van der Waals surface area contributed by atoms with Gasteiger partial charge in [0, 0.05) is 11.8 Å². The number of hydrogen-bond acceptors (Lipinski definition) is 2. The van der Waals surface area contributed by atoms with Crippen molar-refractivity contribution in [3.05, 3.63) is 47.7 Å². The molecule has 0 radical (unpaired) electrons. The highest BCUT2D eigenvalue weighted by Crippen LogP contribution is 2.28. The van der Waals surface area contributed by atoms with Gasteiger partial charge in [0.2, 0.25) is 0 Å². The van der Waals surface area contributed by atoms with Gasteiger partial charge in [-0.3, -0.25) is 4.98 Å². The van der Waals surface area contributed by atoms with Crippen LogP contribution in [0.3, 0.4) is 0 Å². The smallest absolute Gasteiger partial charge is 0.0931 e. The summed E-state index contributed by atoms with van der Waals surface area (Å²) in [6.07, 6.45) is 6.82. The molecule has 1 aromatic carbocycles. The molecule has 0 bridgehead atoms. The fourth-order valence-electron chi connectivity index (χ4n) is 2.54. The molecular formula is C15H16N2. The summed E-state index contributed by atoms with van der Waals surface area (Å²) in [6.45, 7) is 0. The predicted molar refractivity (Wildman–Crippen MR) is 70.7 cm³/mol. The molecule has 86 valence electrons. The summed E-state index contributed by atoms with van der Waals surface area (Å²) in [5.41, 5.74) is 11.7. The summed E-state index contributed by atoms with van der Waals surface area (Å²) >= 11 is 0. The van der Waals surface area contributed by atoms with Crippen LogP contribution in [0.4, 0.5) is 5.69 Å². The molecule has 0 fully saturated rings.